The summed E-state index contributed by atoms with van der Waals surface area (Å²) in [4.78, 5) is 12.1. The second kappa shape index (κ2) is 6.26. The van der Waals surface area contributed by atoms with Gasteiger partial charge in [-0.3, -0.25) is 4.79 Å². The van der Waals surface area contributed by atoms with E-state index < -0.39 is 15.9 Å². The molecule has 1 amide bonds. The number of hydrogen-bond acceptors (Lipinski definition) is 4. The molecule has 6 heteroatoms. The van der Waals surface area contributed by atoms with E-state index in [0.29, 0.717) is 12.4 Å². The van der Waals surface area contributed by atoms with Crippen molar-refractivity contribution in [1.29, 1.82) is 0 Å². The molecule has 0 fully saturated rings. The van der Waals surface area contributed by atoms with E-state index in [1.54, 1.807) is 18.2 Å². The van der Waals surface area contributed by atoms with Gasteiger partial charge in [-0.25, -0.2) is 12.7 Å². The fourth-order valence-electron chi connectivity index (χ4n) is 2.24. The third kappa shape index (κ3) is 3.27. The highest BCUT2D eigenvalue weighted by Crippen LogP contribution is 2.22. The highest BCUT2D eigenvalue weighted by atomic mass is 32.2. The Hall–Kier alpha value is -2.60. The van der Waals surface area contributed by atoms with Crippen LogP contribution in [0.5, 0.6) is 0 Å². The lowest BCUT2D eigenvalue weighted by Crippen LogP contribution is -2.33. The number of rotatable bonds is 5. The molecule has 23 heavy (non-hydrogen) atoms. The minimum atomic E-state index is -3.85. The molecule has 1 aliphatic rings. The lowest BCUT2D eigenvalue weighted by Gasteiger charge is -2.17. The van der Waals surface area contributed by atoms with Crippen LogP contribution in [0, 0.1) is 0 Å². The number of amides is 1. The molecule has 0 spiro atoms. The minimum Gasteiger partial charge on any atom is -0.491 e. The number of hydrogen-bond donors (Lipinski definition) is 0. The molecule has 2 aromatic carbocycles. The van der Waals surface area contributed by atoms with Crippen LogP contribution in [0.3, 0.4) is 0 Å². The zero-order chi connectivity index (χ0) is 16.3. The van der Waals surface area contributed by atoms with Gasteiger partial charge in [0.2, 0.25) is 0 Å². The summed E-state index contributed by atoms with van der Waals surface area (Å²) in [5.41, 5.74) is 0.949. The Bertz CT molecular complexity index is 829. The number of nitrogens with zero attached hydrogens (tertiary/aromatic N) is 1. The topological polar surface area (TPSA) is 63.7 Å². The van der Waals surface area contributed by atoms with Crippen LogP contribution < -0.4 is 0 Å². The highest BCUT2D eigenvalue weighted by molar-refractivity contribution is 7.89. The second-order valence-corrected chi connectivity index (χ2v) is 6.91. The van der Waals surface area contributed by atoms with Crippen molar-refractivity contribution in [2.75, 3.05) is 6.54 Å². The molecule has 1 heterocycles. The maximum Gasteiger partial charge on any atom is 0.267 e. The standard InChI is InChI=1S/C17H15NO4S/c19-17-11-15(22-13-14-7-3-1-4-8-14)12-18(17)23(20,21)16-9-5-2-6-10-16/h1-11H,12-13H2. The molecule has 0 aromatic heterocycles. The first kappa shape index (κ1) is 15.3. The minimum absolute atomic E-state index is 0.0805. The van der Waals surface area contributed by atoms with Crippen molar-refractivity contribution >= 4 is 15.9 Å². The van der Waals surface area contributed by atoms with Gasteiger partial charge in [0.25, 0.3) is 15.9 Å². The lowest BCUT2D eigenvalue weighted by molar-refractivity contribution is -0.120. The van der Waals surface area contributed by atoms with Gasteiger partial charge in [0.1, 0.15) is 12.4 Å². The number of benzene rings is 2. The molecule has 0 unspecified atom stereocenters. The van der Waals surface area contributed by atoms with Crippen LogP contribution in [0.25, 0.3) is 0 Å². The maximum atomic E-state index is 12.5. The number of carbonyl (C=O) groups is 1. The van der Waals surface area contributed by atoms with Gasteiger partial charge in [0.05, 0.1) is 11.4 Å². The average Bonchev–Trinajstić information content (AvgIpc) is 2.96. The molecular weight excluding hydrogens is 314 g/mol. The van der Waals surface area contributed by atoms with Gasteiger partial charge < -0.3 is 4.74 Å². The second-order valence-electron chi connectivity index (χ2n) is 5.05. The van der Waals surface area contributed by atoms with E-state index in [1.807, 2.05) is 30.3 Å². The molecule has 0 aliphatic carbocycles. The maximum absolute atomic E-state index is 12.5. The smallest absolute Gasteiger partial charge is 0.267 e. The highest BCUT2D eigenvalue weighted by Gasteiger charge is 2.34. The van der Waals surface area contributed by atoms with Crippen LogP contribution in [-0.2, 0) is 26.2 Å². The summed E-state index contributed by atoms with van der Waals surface area (Å²) >= 11 is 0. The van der Waals surface area contributed by atoms with Gasteiger partial charge >= 0.3 is 0 Å². The molecule has 0 N–H and O–H groups in total. The van der Waals surface area contributed by atoms with Crippen LogP contribution in [0.1, 0.15) is 5.56 Å². The molecule has 2 aromatic rings. The molecule has 118 valence electrons. The van der Waals surface area contributed by atoms with Crippen LogP contribution in [0.2, 0.25) is 0 Å². The van der Waals surface area contributed by atoms with Crippen molar-refractivity contribution < 1.29 is 17.9 Å². The quantitative estimate of drug-likeness (QED) is 0.844. The molecule has 3 rings (SSSR count). The van der Waals surface area contributed by atoms with Crippen molar-refractivity contribution in [2.45, 2.75) is 11.5 Å². The Morgan fingerprint density at radius 3 is 2.22 bits per heavy atom. The van der Waals surface area contributed by atoms with Gasteiger partial charge in [-0.15, -0.1) is 0 Å². The first-order valence-electron chi connectivity index (χ1n) is 7.06. The Morgan fingerprint density at radius 2 is 1.57 bits per heavy atom. The summed E-state index contributed by atoms with van der Waals surface area (Å²) in [6.07, 6.45) is 1.23. The van der Waals surface area contributed by atoms with Crippen LogP contribution in [0.15, 0.2) is 77.4 Å². The third-order valence-corrected chi connectivity index (χ3v) is 5.19. The van der Waals surface area contributed by atoms with E-state index in [1.165, 1.54) is 18.2 Å². The Kier molecular flexibility index (Phi) is 4.16. The monoisotopic (exact) mass is 329 g/mol. The fraction of sp³-hybridized carbons (Fsp3) is 0.118. The molecule has 0 saturated carbocycles. The van der Waals surface area contributed by atoms with E-state index >= 15 is 0 Å². The fourth-order valence-corrected chi connectivity index (χ4v) is 3.58. The van der Waals surface area contributed by atoms with E-state index in [2.05, 4.69) is 0 Å². The summed E-state index contributed by atoms with van der Waals surface area (Å²) in [5.74, 6) is -0.240. The zero-order valence-electron chi connectivity index (χ0n) is 12.3. The van der Waals surface area contributed by atoms with E-state index in [4.69, 9.17) is 4.74 Å². The predicted octanol–water partition coefficient (Wildman–Crippen LogP) is 2.32. The van der Waals surface area contributed by atoms with Gasteiger partial charge in [-0.2, -0.15) is 0 Å². The Morgan fingerprint density at radius 1 is 0.957 bits per heavy atom. The lowest BCUT2D eigenvalue weighted by atomic mass is 10.2. The number of carbonyl (C=O) groups excluding carboxylic acids is 1. The van der Waals surface area contributed by atoms with Crippen LogP contribution >= 0.6 is 0 Å². The first-order valence-corrected chi connectivity index (χ1v) is 8.50. The van der Waals surface area contributed by atoms with Gasteiger partial charge in [-0.1, -0.05) is 48.5 Å². The van der Waals surface area contributed by atoms with Crippen molar-refractivity contribution in [1.82, 2.24) is 4.31 Å². The van der Waals surface area contributed by atoms with Crippen molar-refractivity contribution in [3.05, 3.63) is 78.1 Å². The Balaban J connectivity index is 1.70. The van der Waals surface area contributed by atoms with E-state index in [9.17, 15) is 13.2 Å². The largest absolute Gasteiger partial charge is 0.491 e. The summed E-state index contributed by atoms with van der Waals surface area (Å²) in [6, 6.07) is 17.4. The van der Waals surface area contributed by atoms with Gasteiger partial charge in [-0.05, 0) is 17.7 Å². The van der Waals surface area contributed by atoms with Crippen molar-refractivity contribution in [3.8, 4) is 0 Å². The average molecular weight is 329 g/mol. The zero-order valence-corrected chi connectivity index (χ0v) is 13.1. The molecule has 0 bridgehead atoms. The Labute approximate surface area is 134 Å². The third-order valence-electron chi connectivity index (χ3n) is 3.43. The molecule has 0 atom stereocenters. The predicted molar refractivity (Wildman–Crippen MR) is 84.7 cm³/mol. The summed E-state index contributed by atoms with van der Waals surface area (Å²) < 4.78 is 31.3. The molecular formula is C17H15NO4S. The molecule has 0 radical (unpaired) electrons. The molecule has 0 saturated heterocycles. The van der Waals surface area contributed by atoms with E-state index in [0.717, 1.165) is 9.87 Å². The van der Waals surface area contributed by atoms with E-state index in [-0.39, 0.29) is 11.4 Å². The van der Waals surface area contributed by atoms with Crippen LogP contribution in [0.4, 0.5) is 0 Å². The summed E-state index contributed by atoms with van der Waals surface area (Å²) in [7, 11) is -3.85. The van der Waals surface area contributed by atoms with Gasteiger partial charge in [0, 0.05) is 6.08 Å². The summed E-state index contributed by atoms with van der Waals surface area (Å²) in [6.45, 7) is 0.210. The van der Waals surface area contributed by atoms with Crippen molar-refractivity contribution in [2.24, 2.45) is 0 Å². The SMILES string of the molecule is O=C1C=C(OCc2ccccc2)CN1S(=O)(=O)c1ccccc1. The number of ether oxygens (including phenoxy) is 1. The molecule has 5 nitrogen and oxygen atoms in total. The molecule has 1 aliphatic heterocycles. The van der Waals surface area contributed by atoms with Gasteiger partial charge in [0.15, 0.2) is 0 Å². The van der Waals surface area contributed by atoms with Crippen LogP contribution in [-0.4, -0.2) is 25.2 Å². The van der Waals surface area contributed by atoms with Crippen molar-refractivity contribution in [3.63, 3.8) is 0 Å². The summed E-state index contributed by atoms with van der Waals surface area (Å²) in [5, 5.41) is 0. The first-order chi connectivity index (χ1) is 11.1. The number of sulfonamides is 1. The normalized spacial score (nSPS) is 14.7.